The van der Waals surface area contributed by atoms with Gasteiger partial charge >= 0.3 is 5.97 Å². The summed E-state index contributed by atoms with van der Waals surface area (Å²) < 4.78 is 0. The molecule has 0 spiro atoms. The van der Waals surface area contributed by atoms with E-state index in [1.54, 1.807) is 40.4 Å². The summed E-state index contributed by atoms with van der Waals surface area (Å²) in [6, 6.07) is 5.45. The Labute approximate surface area is 256 Å². The molecule has 0 saturated carbocycles. The van der Waals surface area contributed by atoms with Crippen molar-refractivity contribution < 1.29 is 24.6 Å². The smallest absolute Gasteiger partial charge is 0.328 e. The van der Waals surface area contributed by atoms with Crippen LogP contribution in [0, 0.1) is 11.5 Å². The second-order valence-corrected chi connectivity index (χ2v) is 11.1. The van der Waals surface area contributed by atoms with Crippen LogP contribution in [0.3, 0.4) is 0 Å². The van der Waals surface area contributed by atoms with Crippen molar-refractivity contribution in [3.8, 4) is 6.19 Å². The summed E-state index contributed by atoms with van der Waals surface area (Å²) >= 11 is 13.2. The number of H-pyrrole nitrogens is 1. The van der Waals surface area contributed by atoms with Gasteiger partial charge in [0, 0.05) is 43.7 Å². The number of nitrogens with one attached hydrogen (secondary N) is 3. The summed E-state index contributed by atoms with van der Waals surface area (Å²) in [5, 5.41) is 41.9. The molecule has 2 amide bonds. The number of halogens is 2. The number of guanidine groups is 1. The number of piperidine rings is 1. The highest BCUT2D eigenvalue weighted by molar-refractivity contribution is 6.40. The number of amides is 2. The van der Waals surface area contributed by atoms with Gasteiger partial charge in [-0.25, -0.2) is 4.79 Å². The Morgan fingerprint density at radius 3 is 2.79 bits per heavy atom. The zero-order valence-corrected chi connectivity index (χ0v) is 24.3. The average molecular weight is 627 g/mol. The maximum atomic E-state index is 13.3. The largest absolute Gasteiger partial charge is 0.480 e. The standard InChI is InChI=1S/C28H28Cl2N8O5/c29-20-8-17-12-37(26(41)15-3-4-16-10-34-36-21(16)9-15)7-5-19(17)24(30)23(20)25(40)35-22(27(42)43)11-32-28(33-14-31)38-6-1-2-18(39)13-38/h3-4,8-10,18,22,39H,1-2,5-7,11-13H2,(H,32,33)(H,34,36)(H,35,40)(H,42,43)/t18-,22-/m0/s1. The molecule has 224 valence electrons. The Bertz CT molecular complexity index is 1650. The lowest BCUT2D eigenvalue weighted by Gasteiger charge is -2.32. The number of carbonyl (C=O) groups excluding carboxylic acids is 2. The van der Waals surface area contributed by atoms with Crippen LogP contribution in [-0.4, -0.2) is 92.3 Å². The topological polar surface area (TPSA) is 187 Å². The maximum Gasteiger partial charge on any atom is 0.328 e. The van der Waals surface area contributed by atoms with Crippen molar-refractivity contribution in [2.45, 2.75) is 38.0 Å². The van der Waals surface area contributed by atoms with Crippen LogP contribution in [0.4, 0.5) is 0 Å². The van der Waals surface area contributed by atoms with Crippen molar-refractivity contribution in [2.75, 3.05) is 26.2 Å². The van der Waals surface area contributed by atoms with E-state index >= 15 is 0 Å². The first-order valence-corrected chi connectivity index (χ1v) is 14.3. The number of hydrogen-bond donors (Lipinski definition) is 5. The SMILES string of the molecule is N#C/N=C(\NC[C@H](NC(=O)c1c(Cl)cc2c(c1Cl)CCN(C(=O)c1ccc3cn[nH]c3c1)C2)C(=O)O)N1CCC[C@H](O)C1. The molecule has 1 aromatic heterocycles. The van der Waals surface area contributed by atoms with Crippen molar-refractivity contribution in [2.24, 2.45) is 4.99 Å². The molecule has 1 fully saturated rings. The zero-order chi connectivity index (χ0) is 30.7. The zero-order valence-electron chi connectivity index (χ0n) is 22.8. The van der Waals surface area contributed by atoms with Crippen LogP contribution in [0.5, 0.6) is 0 Å². The van der Waals surface area contributed by atoms with E-state index in [4.69, 9.17) is 28.5 Å². The molecule has 3 aromatic rings. The third kappa shape index (κ3) is 6.51. The Kier molecular flexibility index (Phi) is 9.00. The minimum Gasteiger partial charge on any atom is -0.480 e. The predicted octanol–water partition coefficient (Wildman–Crippen LogP) is 2.13. The van der Waals surface area contributed by atoms with E-state index in [0.717, 1.165) is 10.9 Å². The van der Waals surface area contributed by atoms with Gasteiger partial charge in [0.15, 0.2) is 0 Å². The highest BCUT2D eigenvalue weighted by atomic mass is 35.5. The number of β-amino-alcohol motifs (C(OH)–C–C–N with tert-alkyl or cyclic N) is 1. The van der Waals surface area contributed by atoms with Crippen molar-refractivity contribution >= 4 is 57.8 Å². The molecule has 43 heavy (non-hydrogen) atoms. The number of nitriles is 1. The summed E-state index contributed by atoms with van der Waals surface area (Å²) in [5.41, 5.74) is 2.52. The molecule has 2 aliphatic heterocycles. The fourth-order valence-electron chi connectivity index (χ4n) is 5.33. The van der Waals surface area contributed by atoms with Crippen molar-refractivity contribution in [3.05, 3.63) is 62.8 Å². The number of carboxylic acids is 1. The third-order valence-corrected chi connectivity index (χ3v) is 8.24. The molecule has 13 nitrogen and oxygen atoms in total. The summed E-state index contributed by atoms with van der Waals surface area (Å²) in [4.78, 5) is 45.6. The van der Waals surface area contributed by atoms with E-state index in [1.165, 1.54) is 0 Å². The van der Waals surface area contributed by atoms with Gasteiger partial charge in [-0.2, -0.15) is 10.4 Å². The van der Waals surface area contributed by atoms with Gasteiger partial charge in [0.25, 0.3) is 11.8 Å². The minimum absolute atomic E-state index is 0.0144. The minimum atomic E-state index is -1.42. The quantitative estimate of drug-likeness (QED) is 0.155. The third-order valence-electron chi connectivity index (χ3n) is 7.53. The normalized spacial score (nSPS) is 17.6. The summed E-state index contributed by atoms with van der Waals surface area (Å²) in [6.45, 7) is 1.04. The van der Waals surface area contributed by atoms with Gasteiger partial charge < -0.3 is 30.6 Å². The van der Waals surface area contributed by atoms with Gasteiger partial charge in [-0.05, 0) is 48.6 Å². The highest BCUT2D eigenvalue weighted by Crippen LogP contribution is 2.35. The number of benzene rings is 2. The highest BCUT2D eigenvalue weighted by Gasteiger charge is 2.30. The van der Waals surface area contributed by atoms with Gasteiger partial charge in [0.1, 0.15) is 6.04 Å². The summed E-state index contributed by atoms with van der Waals surface area (Å²) in [6.07, 6.45) is 4.40. The molecule has 0 bridgehead atoms. The molecule has 5 rings (SSSR count). The molecule has 15 heteroatoms. The van der Waals surface area contributed by atoms with E-state index in [-0.39, 0.29) is 47.1 Å². The number of aliphatic carboxylic acids is 1. The van der Waals surface area contributed by atoms with E-state index < -0.39 is 24.0 Å². The molecule has 2 aliphatic rings. The van der Waals surface area contributed by atoms with Crippen LogP contribution < -0.4 is 10.6 Å². The number of aliphatic imine (C=N–C) groups is 1. The van der Waals surface area contributed by atoms with Crippen LogP contribution in [0.25, 0.3) is 10.9 Å². The molecular formula is C28H28Cl2N8O5. The summed E-state index contributed by atoms with van der Waals surface area (Å²) in [5.74, 6) is -2.18. The fourth-order valence-corrected chi connectivity index (χ4v) is 6.09. The van der Waals surface area contributed by atoms with Gasteiger partial charge in [0.2, 0.25) is 12.2 Å². The van der Waals surface area contributed by atoms with Crippen LogP contribution in [-0.2, 0) is 17.8 Å². The fraction of sp³-hybridized carbons (Fsp3) is 0.357. The second kappa shape index (κ2) is 12.9. The molecule has 3 heterocycles. The number of carboxylic acid groups (broad SMARTS) is 1. The lowest BCUT2D eigenvalue weighted by Crippen LogP contribution is -2.53. The lowest BCUT2D eigenvalue weighted by molar-refractivity contribution is -0.139. The van der Waals surface area contributed by atoms with Gasteiger partial charge in [-0.1, -0.05) is 29.3 Å². The molecule has 0 aliphatic carbocycles. The van der Waals surface area contributed by atoms with Crippen LogP contribution in [0.2, 0.25) is 10.0 Å². The average Bonchev–Trinajstić information content (AvgIpc) is 3.46. The number of hydrogen-bond acceptors (Lipinski definition) is 7. The Morgan fingerprint density at radius 2 is 2.05 bits per heavy atom. The first-order chi connectivity index (χ1) is 20.7. The van der Waals surface area contributed by atoms with Crippen LogP contribution in [0.1, 0.15) is 44.7 Å². The number of aliphatic hydroxyl groups is 1. The lowest BCUT2D eigenvalue weighted by atomic mass is 9.96. The van der Waals surface area contributed by atoms with Crippen molar-refractivity contribution in [3.63, 3.8) is 0 Å². The number of nitrogens with zero attached hydrogens (tertiary/aromatic N) is 5. The summed E-state index contributed by atoms with van der Waals surface area (Å²) in [7, 11) is 0. The first kappa shape index (κ1) is 30.1. The number of aromatic amines is 1. The number of rotatable bonds is 6. The van der Waals surface area contributed by atoms with E-state index in [0.29, 0.717) is 49.0 Å². The number of aromatic nitrogens is 2. The van der Waals surface area contributed by atoms with Crippen molar-refractivity contribution in [1.29, 1.82) is 5.26 Å². The van der Waals surface area contributed by atoms with Gasteiger partial charge in [0.05, 0.1) is 33.4 Å². The predicted molar refractivity (Wildman–Crippen MR) is 158 cm³/mol. The Balaban J connectivity index is 1.28. The number of likely N-dealkylation sites (tertiary alicyclic amines) is 1. The molecule has 0 radical (unpaired) electrons. The van der Waals surface area contributed by atoms with Gasteiger partial charge in [-0.15, -0.1) is 4.99 Å². The number of carbonyl (C=O) groups is 3. The molecule has 2 atom stereocenters. The van der Waals surface area contributed by atoms with Gasteiger partial charge in [-0.3, -0.25) is 14.7 Å². The monoisotopic (exact) mass is 626 g/mol. The first-order valence-electron chi connectivity index (χ1n) is 13.6. The maximum absolute atomic E-state index is 13.3. The van der Waals surface area contributed by atoms with E-state index in [1.807, 2.05) is 6.07 Å². The van der Waals surface area contributed by atoms with Crippen LogP contribution >= 0.6 is 23.2 Å². The van der Waals surface area contributed by atoms with E-state index in [2.05, 4.69) is 25.8 Å². The van der Waals surface area contributed by atoms with E-state index in [9.17, 15) is 24.6 Å². The molecule has 0 unspecified atom stereocenters. The molecular weight excluding hydrogens is 599 g/mol. The molecule has 1 saturated heterocycles. The molecule has 5 N–H and O–H groups in total. The second-order valence-electron chi connectivity index (χ2n) is 10.4. The Hall–Kier alpha value is -4.38. The number of aliphatic hydroxyl groups excluding tert-OH is 1. The molecule has 2 aromatic carbocycles. The Morgan fingerprint density at radius 1 is 1.23 bits per heavy atom. The number of fused-ring (bicyclic) bond motifs is 2. The van der Waals surface area contributed by atoms with Crippen LogP contribution in [0.15, 0.2) is 35.5 Å². The van der Waals surface area contributed by atoms with Crippen molar-refractivity contribution in [1.82, 2.24) is 30.6 Å².